The largest absolute Gasteiger partial charge is 0.313 e. The van der Waals surface area contributed by atoms with Crippen molar-refractivity contribution < 1.29 is 0 Å². The molecule has 0 aliphatic rings. The Morgan fingerprint density at radius 3 is 3.00 bits per heavy atom. The van der Waals surface area contributed by atoms with Crippen LogP contribution in [-0.4, -0.2) is 6.21 Å². The molecule has 0 spiro atoms. The second-order valence-electron chi connectivity index (χ2n) is 1.80. The van der Waals surface area contributed by atoms with E-state index in [-0.39, 0.29) is 0 Å². The van der Waals surface area contributed by atoms with E-state index in [1.807, 2.05) is 24.3 Å². The average Bonchev–Trinajstić information content (AvgIpc) is 1.91. The van der Waals surface area contributed by atoms with Gasteiger partial charge in [-0.1, -0.05) is 24.3 Å². The highest BCUT2D eigenvalue weighted by Crippen LogP contribution is 1.95. The normalized spacial score (nSPS) is 8.89. The molecule has 0 bridgehead atoms. The van der Waals surface area contributed by atoms with Gasteiger partial charge in [0.1, 0.15) is 0 Å². The van der Waals surface area contributed by atoms with Gasteiger partial charge in [-0.3, -0.25) is 0 Å². The molecule has 0 unspecified atom stereocenters. The predicted octanol–water partition coefficient (Wildman–Crippen LogP) is 1.68. The van der Waals surface area contributed by atoms with Crippen molar-refractivity contribution in [3.8, 4) is 0 Å². The van der Waals surface area contributed by atoms with Crippen molar-refractivity contribution in [1.29, 1.82) is 5.41 Å². The van der Waals surface area contributed by atoms with E-state index in [4.69, 9.17) is 5.41 Å². The van der Waals surface area contributed by atoms with Crippen LogP contribution in [0.2, 0.25) is 0 Å². The molecule has 9 heavy (non-hydrogen) atoms. The highest BCUT2D eigenvalue weighted by molar-refractivity contribution is 5.57. The van der Waals surface area contributed by atoms with Gasteiger partial charge in [-0.25, -0.2) is 0 Å². The Hall–Kier alpha value is -1.11. The van der Waals surface area contributed by atoms with Gasteiger partial charge in [-0.05, 0) is 17.8 Å². The van der Waals surface area contributed by atoms with Crippen LogP contribution in [0.5, 0.6) is 0 Å². The molecule has 1 aromatic carbocycles. The number of nitrogens with one attached hydrogen (secondary N) is 1. The third-order valence-corrected chi connectivity index (χ3v) is 1.10. The van der Waals surface area contributed by atoms with Crippen molar-refractivity contribution in [2.24, 2.45) is 0 Å². The smallest absolute Gasteiger partial charge is 0.00776 e. The lowest BCUT2D eigenvalue weighted by Crippen LogP contribution is -1.82. The zero-order valence-corrected chi connectivity index (χ0v) is 5.09. The lowest BCUT2D eigenvalue weighted by atomic mass is 10.2. The molecule has 0 aromatic heterocycles. The minimum Gasteiger partial charge on any atom is -0.313 e. The maximum Gasteiger partial charge on any atom is 0.00776 e. The van der Waals surface area contributed by atoms with Crippen molar-refractivity contribution in [2.75, 3.05) is 0 Å². The van der Waals surface area contributed by atoms with E-state index in [2.05, 4.69) is 6.07 Å². The van der Waals surface area contributed by atoms with Gasteiger partial charge < -0.3 is 5.41 Å². The van der Waals surface area contributed by atoms with Crippen LogP contribution in [0.1, 0.15) is 5.56 Å². The fraction of sp³-hybridized carbons (Fsp3) is 0.125. The summed E-state index contributed by atoms with van der Waals surface area (Å²) in [5.74, 6) is 0. The SMILES string of the molecule is N=CCc1[c]cccc1. The van der Waals surface area contributed by atoms with Gasteiger partial charge in [-0.15, -0.1) is 0 Å². The third kappa shape index (κ3) is 1.68. The Morgan fingerprint density at radius 1 is 1.56 bits per heavy atom. The summed E-state index contributed by atoms with van der Waals surface area (Å²) in [5.41, 5.74) is 1.08. The van der Waals surface area contributed by atoms with E-state index in [0.717, 1.165) is 5.56 Å². The summed E-state index contributed by atoms with van der Waals surface area (Å²) >= 11 is 0. The highest BCUT2D eigenvalue weighted by Gasteiger charge is 1.83. The average molecular weight is 118 g/mol. The van der Waals surface area contributed by atoms with E-state index < -0.39 is 0 Å². The molecule has 1 heteroatoms. The fourth-order valence-corrected chi connectivity index (χ4v) is 0.667. The zero-order valence-electron chi connectivity index (χ0n) is 5.09. The third-order valence-electron chi connectivity index (χ3n) is 1.10. The number of benzene rings is 1. The van der Waals surface area contributed by atoms with Crippen LogP contribution in [0.4, 0.5) is 0 Å². The molecule has 1 radical (unpaired) electrons. The second-order valence-corrected chi connectivity index (χ2v) is 1.80. The van der Waals surface area contributed by atoms with E-state index in [9.17, 15) is 0 Å². The summed E-state index contributed by atoms with van der Waals surface area (Å²) in [6.45, 7) is 0. The summed E-state index contributed by atoms with van der Waals surface area (Å²) in [7, 11) is 0. The molecular formula is C8H8N. The summed E-state index contributed by atoms with van der Waals surface area (Å²) in [6.07, 6.45) is 2.08. The summed E-state index contributed by atoms with van der Waals surface area (Å²) in [4.78, 5) is 0. The monoisotopic (exact) mass is 118 g/mol. The molecular weight excluding hydrogens is 110 g/mol. The standard InChI is InChI=1S/C8H8N/c9-7-6-8-4-2-1-3-5-8/h1-4,7,9H,6H2. The Labute approximate surface area is 54.8 Å². The molecule has 0 atom stereocenters. The maximum absolute atomic E-state index is 6.80. The van der Waals surface area contributed by atoms with Crippen LogP contribution in [0.25, 0.3) is 0 Å². The minimum atomic E-state index is 0.695. The fourth-order valence-electron chi connectivity index (χ4n) is 0.667. The first kappa shape index (κ1) is 6.02. The van der Waals surface area contributed by atoms with Crippen LogP contribution in [0.15, 0.2) is 24.3 Å². The van der Waals surface area contributed by atoms with Crippen LogP contribution in [-0.2, 0) is 6.42 Å². The number of hydrogen-bond acceptors (Lipinski definition) is 1. The molecule has 0 aliphatic heterocycles. The van der Waals surface area contributed by atoms with E-state index in [0.29, 0.717) is 6.42 Å². The molecule has 1 rings (SSSR count). The molecule has 0 saturated heterocycles. The van der Waals surface area contributed by atoms with Crippen molar-refractivity contribution in [1.82, 2.24) is 0 Å². The zero-order chi connectivity index (χ0) is 6.53. The van der Waals surface area contributed by atoms with Gasteiger partial charge in [0.2, 0.25) is 0 Å². The van der Waals surface area contributed by atoms with Crippen molar-refractivity contribution >= 4 is 6.21 Å². The summed E-state index contributed by atoms with van der Waals surface area (Å²) in [5, 5.41) is 6.80. The Balaban J connectivity index is 2.72. The van der Waals surface area contributed by atoms with Crippen molar-refractivity contribution in [2.45, 2.75) is 6.42 Å². The van der Waals surface area contributed by atoms with E-state index in [1.54, 1.807) is 0 Å². The number of hydrogen-bond donors (Lipinski definition) is 1. The first-order chi connectivity index (χ1) is 4.43. The van der Waals surface area contributed by atoms with Gasteiger partial charge in [0.05, 0.1) is 0 Å². The molecule has 0 aliphatic carbocycles. The highest BCUT2D eigenvalue weighted by atomic mass is 14.3. The molecule has 0 fully saturated rings. The minimum absolute atomic E-state index is 0.695. The second kappa shape index (κ2) is 3.02. The molecule has 1 nitrogen and oxygen atoms in total. The van der Waals surface area contributed by atoms with Crippen molar-refractivity contribution in [3.63, 3.8) is 0 Å². The summed E-state index contributed by atoms with van der Waals surface area (Å²) < 4.78 is 0. The molecule has 1 aromatic rings. The van der Waals surface area contributed by atoms with Gasteiger partial charge in [-0.2, -0.15) is 0 Å². The molecule has 0 saturated carbocycles. The van der Waals surface area contributed by atoms with Crippen molar-refractivity contribution in [3.05, 3.63) is 35.9 Å². The molecule has 1 N–H and O–H groups in total. The first-order valence-corrected chi connectivity index (χ1v) is 2.88. The Bertz CT molecular complexity index is 179. The van der Waals surface area contributed by atoms with Gasteiger partial charge >= 0.3 is 0 Å². The Morgan fingerprint density at radius 2 is 2.44 bits per heavy atom. The molecule has 0 amide bonds. The van der Waals surface area contributed by atoms with E-state index in [1.165, 1.54) is 6.21 Å². The molecule has 45 valence electrons. The quantitative estimate of drug-likeness (QED) is 0.571. The van der Waals surface area contributed by atoms with Crippen LogP contribution >= 0.6 is 0 Å². The Kier molecular flexibility index (Phi) is 2.02. The molecule has 0 heterocycles. The van der Waals surface area contributed by atoms with Gasteiger partial charge in [0.25, 0.3) is 0 Å². The number of rotatable bonds is 2. The topological polar surface area (TPSA) is 23.9 Å². The summed E-state index contributed by atoms with van der Waals surface area (Å²) in [6, 6.07) is 10.7. The predicted molar refractivity (Wildman–Crippen MR) is 37.8 cm³/mol. The lowest BCUT2D eigenvalue weighted by Gasteiger charge is -1.89. The van der Waals surface area contributed by atoms with Gasteiger partial charge in [0.15, 0.2) is 0 Å². The lowest BCUT2D eigenvalue weighted by molar-refractivity contribution is 1.32. The van der Waals surface area contributed by atoms with Crippen LogP contribution in [0, 0.1) is 11.5 Å². The van der Waals surface area contributed by atoms with Crippen LogP contribution < -0.4 is 0 Å². The van der Waals surface area contributed by atoms with Crippen LogP contribution in [0.3, 0.4) is 0 Å². The first-order valence-electron chi connectivity index (χ1n) is 2.88. The maximum atomic E-state index is 6.80. The van der Waals surface area contributed by atoms with E-state index >= 15 is 0 Å². The van der Waals surface area contributed by atoms with Gasteiger partial charge in [0, 0.05) is 6.42 Å².